The van der Waals surface area contributed by atoms with Gasteiger partial charge >= 0.3 is 6.18 Å². The van der Waals surface area contributed by atoms with Crippen molar-refractivity contribution in [2.75, 3.05) is 43.1 Å². The lowest BCUT2D eigenvalue weighted by Crippen LogP contribution is -2.47. The van der Waals surface area contributed by atoms with Gasteiger partial charge in [-0.05, 0) is 0 Å². The van der Waals surface area contributed by atoms with Crippen LogP contribution in [0.3, 0.4) is 0 Å². The number of methoxy groups -OCH3 is 1. The molecule has 2 aromatic rings. The van der Waals surface area contributed by atoms with Gasteiger partial charge in [-0.15, -0.1) is 0 Å². The molecule has 6 nitrogen and oxygen atoms in total. The van der Waals surface area contributed by atoms with Crippen LogP contribution in [0.25, 0.3) is 0 Å². The van der Waals surface area contributed by atoms with Crippen molar-refractivity contribution in [3.05, 3.63) is 23.3 Å². The highest BCUT2D eigenvalue weighted by Crippen LogP contribution is 2.36. The molecule has 1 aliphatic rings. The van der Waals surface area contributed by atoms with Crippen LogP contribution in [0.15, 0.2) is 18.5 Å². The molecule has 0 N–H and O–H groups in total. The van der Waals surface area contributed by atoms with Gasteiger partial charge in [0.1, 0.15) is 4.88 Å². The van der Waals surface area contributed by atoms with Gasteiger partial charge in [-0.1, -0.05) is 11.3 Å². The summed E-state index contributed by atoms with van der Waals surface area (Å²) in [6.45, 7) is 2.33. The Bertz CT molecular complexity index is 670. The molecule has 1 saturated heterocycles. The summed E-state index contributed by atoms with van der Waals surface area (Å²) in [5.74, 6) is 1.03. The van der Waals surface area contributed by atoms with Crippen LogP contribution in [0.2, 0.25) is 0 Å². The Morgan fingerprint density at radius 3 is 2.43 bits per heavy atom. The number of halogens is 3. The normalized spacial score (nSPS) is 15.8. The molecule has 3 heterocycles. The van der Waals surface area contributed by atoms with Crippen molar-refractivity contribution >= 4 is 22.4 Å². The van der Waals surface area contributed by atoms with E-state index in [-0.39, 0.29) is 0 Å². The van der Waals surface area contributed by atoms with Gasteiger partial charge in [-0.3, -0.25) is 0 Å². The van der Waals surface area contributed by atoms with Crippen LogP contribution >= 0.6 is 11.3 Å². The van der Waals surface area contributed by atoms with E-state index in [0.29, 0.717) is 54.5 Å². The SMILES string of the molecule is COc1ccnc(N2CCN(c3ncc(C(F)(F)F)s3)CC2)n1. The summed E-state index contributed by atoms with van der Waals surface area (Å²) in [5.41, 5.74) is 0. The van der Waals surface area contributed by atoms with Crippen LogP contribution in [-0.2, 0) is 6.18 Å². The van der Waals surface area contributed by atoms with Gasteiger partial charge in [0, 0.05) is 38.4 Å². The first-order chi connectivity index (χ1) is 11.0. The molecule has 1 aliphatic heterocycles. The van der Waals surface area contributed by atoms with E-state index in [1.54, 1.807) is 12.3 Å². The van der Waals surface area contributed by atoms with Crippen LogP contribution in [0.1, 0.15) is 4.88 Å². The first kappa shape index (κ1) is 15.8. The standard InChI is InChI=1S/C13H14F3N5OS/c1-22-10-2-3-17-11(19-10)20-4-6-21(7-5-20)12-18-8-9(23-12)13(14,15)16/h2-3,8H,4-7H2,1H3. The lowest BCUT2D eigenvalue weighted by Gasteiger charge is -2.34. The van der Waals surface area contributed by atoms with Crippen molar-refractivity contribution in [2.45, 2.75) is 6.18 Å². The number of anilines is 2. The molecule has 0 bridgehead atoms. The molecule has 0 atom stereocenters. The molecule has 0 spiro atoms. The highest BCUT2D eigenvalue weighted by atomic mass is 32.1. The number of hydrogen-bond donors (Lipinski definition) is 0. The molecular formula is C13H14F3N5OS. The van der Waals surface area contributed by atoms with Crippen molar-refractivity contribution in [1.29, 1.82) is 0 Å². The summed E-state index contributed by atoms with van der Waals surface area (Å²) in [4.78, 5) is 15.5. The second-order valence-electron chi connectivity index (χ2n) is 4.88. The van der Waals surface area contributed by atoms with Crippen LogP contribution in [-0.4, -0.2) is 48.2 Å². The van der Waals surface area contributed by atoms with E-state index < -0.39 is 11.1 Å². The molecule has 0 unspecified atom stereocenters. The zero-order valence-corrected chi connectivity index (χ0v) is 13.1. The highest BCUT2D eigenvalue weighted by Gasteiger charge is 2.34. The number of aromatic nitrogens is 3. The predicted octanol–water partition coefficient (Wildman–Crippen LogP) is 2.29. The van der Waals surface area contributed by atoms with E-state index in [9.17, 15) is 13.2 Å². The number of thiazole rings is 1. The maximum Gasteiger partial charge on any atom is 0.427 e. The Morgan fingerprint density at radius 1 is 1.13 bits per heavy atom. The highest BCUT2D eigenvalue weighted by molar-refractivity contribution is 7.15. The lowest BCUT2D eigenvalue weighted by molar-refractivity contribution is -0.134. The van der Waals surface area contributed by atoms with E-state index in [1.165, 1.54) is 7.11 Å². The van der Waals surface area contributed by atoms with Crippen molar-refractivity contribution in [2.24, 2.45) is 0 Å². The molecule has 0 amide bonds. The molecule has 0 radical (unpaired) electrons. The predicted molar refractivity (Wildman–Crippen MR) is 80.1 cm³/mol. The van der Waals surface area contributed by atoms with Gasteiger partial charge in [-0.25, -0.2) is 9.97 Å². The monoisotopic (exact) mass is 345 g/mol. The third-order valence-corrected chi connectivity index (χ3v) is 4.54. The van der Waals surface area contributed by atoms with Crippen molar-refractivity contribution in [3.8, 4) is 5.88 Å². The van der Waals surface area contributed by atoms with Crippen molar-refractivity contribution < 1.29 is 17.9 Å². The molecule has 23 heavy (non-hydrogen) atoms. The average molecular weight is 345 g/mol. The molecule has 124 valence electrons. The zero-order valence-electron chi connectivity index (χ0n) is 12.2. The smallest absolute Gasteiger partial charge is 0.427 e. The number of alkyl halides is 3. The van der Waals surface area contributed by atoms with Crippen LogP contribution < -0.4 is 14.5 Å². The quantitative estimate of drug-likeness (QED) is 0.851. The van der Waals surface area contributed by atoms with Gasteiger partial charge in [0.15, 0.2) is 5.13 Å². The second kappa shape index (κ2) is 6.19. The van der Waals surface area contributed by atoms with Crippen LogP contribution in [0.4, 0.5) is 24.3 Å². The molecule has 10 heteroatoms. The Balaban J connectivity index is 1.65. The number of hydrogen-bond acceptors (Lipinski definition) is 7. The Kier molecular flexibility index (Phi) is 4.24. The fourth-order valence-corrected chi connectivity index (χ4v) is 3.07. The van der Waals surface area contributed by atoms with Gasteiger partial charge in [0.2, 0.25) is 11.8 Å². The summed E-state index contributed by atoms with van der Waals surface area (Å²) in [5, 5.41) is 0.392. The van der Waals surface area contributed by atoms with E-state index in [0.717, 1.165) is 6.20 Å². The Morgan fingerprint density at radius 2 is 1.83 bits per heavy atom. The minimum Gasteiger partial charge on any atom is -0.481 e. The van der Waals surface area contributed by atoms with Crippen molar-refractivity contribution in [3.63, 3.8) is 0 Å². The summed E-state index contributed by atoms with van der Waals surface area (Å²) < 4.78 is 43.0. The molecular weight excluding hydrogens is 331 g/mol. The molecule has 0 aliphatic carbocycles. The number of nitrogens with zero attached hydrogens (tertiary/aromatic N) is 5. The van der Waals surface area contributed by atoms with E-state index >= 15 is 0 Å². The van der Waals surface area contributed by atoms with Crippen molar-refractivity contribution in [1.82, 2.24) is 15.0 Å². The average Bonchev–Trinajstić information content (AvgIpc) is 3.05. The van der Waals surface area contributed by atoms with Crippen LogP contribution in [0.5, 0.6) is 5.88 Å². The lowest BCUT2D eigenvalue weighted by atomic mass is 10.3. The summed E-state index contributed by atoms with van der Waals surface area (Å²) in [7, 11) is 1.53. The number of ether oxygens (including phenoxy) is 1. The minimum atomic E-state index is -4.34. The van der Waals surface area contributed by atoms with Gasteiger partial charge in [-0.2, -0.15) is 18.2 Å². The van der Waals surface area contributed by atoms with Gasteiger partial charge < -0.3 is 14.5 Å². The second-order valence-corrected chi connectivity index (χ2v) is 5.89. The van der Waals surface area contributed by atoms with E-state index in [4.69, 9.17) is 4.74 Å². The maximum atomic E-state index is 12.6. The van der Waals surface area contributed by atoms with E-state index in [1.807, 2.05) is 9.80 Å². The fraction of sp³-hybridized carbons (Fsp3) is 0.462. The molecule has 0 aromatic carbocycles. The number of piperazine rings is 1. The zero-order chi connectivity index (χ0) is 16.4. The molecule has 0 saturated carbocycles. The first-order valence-corrected chi connectivity index (χ1v) is 7.69. The van der Waals surface area contributed by atoms with Gasteiger partial charge in [0.05, 0.1) is 13.3 Å². The topological polar surface area (TPSA) is 54.4 Å². The number of rotatable bonds is 3. The Labute approximate surface area is 134 Å². The molecule has 3 rings (SSSR count). The third-order valence-electron chi connectivity index (χ3n) is 3.43. The molecule has 1 fully saturated rings. The third kappa shape index (κ3) is 3.46. The summed E-state index contributed by atoms with van der Waals surface area (Å²) in [6.07, 6.45) is -1.84. The summed E-state index contributed by atoms with van der Waals surface area (Å²) in [6, 6.07) is 1.66. The van der Waals surface area contributed by atoms with Crippen LogP contribution in [0, 0.1) is 0 Å². The Hall–Kier alpha value is -2.10. The minimum absolute atomic E-state index is 0.392. The largest absolute Gasteiger partial charge is 0.481 e. The first-order valence-electron chi connectivity index (χ1n) is 6.87. The van der Waals surface area contributed by atoms with E-state index in [2.05, 4.69) is 15.0 Å². The van der Waals surface area contributed by atoms with Gasteiger partial charge in [0.25, 0.3) is 0 Å². The molecule has 2 aromatic heterocycles. The fourth-order valence-electron chi connectivity index (χ4n) is 2.24. The summed E-state index contributed by atoms with van der Waals surface area (Å²) >= 11 is 0.670. The maximum absolute atomic E-state index is 12.6.